The minimum absolute atomic E-state index is 0.139. The first-order valence-electron chi connectivity index (χ1n) is 5.80. The Morgan fingerprint density at radius 1 is 1.53 bits per heavy atom. The minimum Gasteiger partial charge on any atom is -0.393 e. The summed E-state index contributed by atoms with van der Waals surface area (Å²) in [7, 11) is 0. The Bertz CT molecular complexity index is 678. The van der Waals surface area contributed by atoms with Crippen LogP contribution in [0, 0.1) is 10.1 Å². The predicted octanol–water partition coefficient (Wildman–Crippen LogP) is 1.08. The zero-order chi connectivity index (χ0) is 14.0. The summed E-state index contributed by atoms with van der Waals surface area (Å²) in [6, 6.07) is 3.99. The first-order chi connectivity index (χ1) is 8.99. The van der Waals surface area contributed by atoms with E-state index in [1.165, 1.54) is 29.1 Å². The molecule has 1 N–H and O–H groups in total. The van der Waals surface area contributed by atoms with E-state index in [2.05, 4.69) is 4.98 Å². The van der Waals surface area contributed by atoms with Gasteiger partial charge in [0.05, 0.1) is 28.3 Å². The van der Waals surface area contributed by atoms with E-state index in [-0.39, 0.29) is 16.6 Å². The van der Waals surface area contributed by atoms with Gasteiger partial charge in [-0.1, -0.05) is 0 Å². The second kappa shape index (κ2) is 5.15. The maximum absolute atomic E-state index is 12.1. The molecule has 100 valence electrons. The second-order valence-electron chi connectivity index (χ2n) is 4.34. The molecule has 1 heterocycles. The largest absolute Gasteiger partial charge is 0.393 e. The number of fused-ring (bicyclic) bond motifs is 1. The number of aliphatic hydroxyl groups is 1. The van der Waals surface area contributed by atoms with Crippen LogP contribution in [0.5, 0.6) is 0 Å². The maximum atomic E-state index is 12.1. The molecule has 2 rings (SSSR count). The zero-order valence-electron chi connectivity index (χ0n) is 10.3. The molecule has 19 heavy (non-hydrogen) atoms. The predicted molar refractivity (Wildman–Crippen MR) is 69.0 cm³/mol. The Kier molecular flexibility index (Phi) is 3.57. The SMILES string of the molecule is CC(O)CCn1cnc2ccc([N+](=O)[O-])cc2c1=O. The van der Waals surface area contributed by atoms with Crippen LogP contribution in [-0.2, 0) is 6.54 Å². The fraction of sp³-hybridized carbons (Fsp3) is 0.333. The van der Waals surface area contributed by atoms with E-state index in [4.69, 9.17) is 0 Å². The summed E-state index contributed by atoms with van der Waals surface area (Å²) in [4.78, 5) is 26.4. The van der Waals surface area contributed by atoms with Crippen molar-refractivity contribution < 1.29 is 10.0 Å². The summed E-state index contributed by atoms with van der Waals surface area (Å²) in [6.07, 6.45) is 1.29. The van der Waals surface area contributed by atoms with Crippen molar-refractivity contribution in [2.24, 2.45) is 0 Å². The van der Waals surface area contributed by atoms with Crippen LogP contribution in [-0.4, -0.2) is 25.7 Å². The molecule has 1 atom stereocenters. The highest BCUT2D eigenvalue weighted by Gasteiger charge is 2.11. The molecule has 0 aliphatic rings. The highest BCUT2D eigenvalue weighted by Crippen LogP contribution is 2.16. The molecule has 0 spiro atoms. The fourth-order valence-corrected chi connectivity index (χ4v) is 1.75. The van der Waals surface area contributed by atoms with Gasteiger partial charge in [0.25, 0.3) is 11.2 Å². The Morgan fingerprint density at radius 2 is 2.26 bits per heavy atom. The van der Waals surface area contributed by atoms with Crippen LogP contribution in [0.4, 0.5) is 5.69 Å². The van der Waals surface area contributed by atoms with Crippen LogP contribution in [0.1, 0.15) is 13.3 Å². The molecule has 0 aliphatic heterocycles. The molecule has 0 amide bonds. The number of aromatic nitrogens is 2. The van der Waals surface area contributed by atoms with Crippen molar-refractivity contribution in [1.82, 2.24) is 9.55 Å². The highest BCUT2D eigenvalue weighted by molar-refractivity contribution is 5.79. The summed E-state index contributed by atoms with van der Waals surface area (Å²) in [5, 5.41) is 20.1. The molecule has 0 saturated heterocycles. The van der Waals surface area contributed by atoms with Gasteiger partial charge in [0.1, 0.15) is 0 Å². The van der Waals surface area contributed by atoms with E-state index in [0.29, 0.717) is 18.5 Å². The van der Waals surface area contributed by atoms with Crippen LogP contribution < -0.4 is 5.56 Å². The number of nitro groups is 1. The number of aliphatic hydroxyl groups excluding tert-OH is 1. The second-order valence-corrected chi connectivity index (χ2v) is 4.34. The summed E-state index contributed by atoms with van der Waals surface area (Å²) in [5.74, 6) is 0. The minimum atomic E-state index is -0.550. The Labute approximate surface area is 108 Å². The van der Waals surface area contributed by atoms with Crippen molar-refractivity contribution in [3.05, 3.63) is 45.0 Å². The van der Waals surface area contributed by atoms with Crippen LogP contribution in [0.2, 0.25) is 0 Å². The van der Waals surface area contributed by atoms with Gasteiger partial charge in [0.2, 0.25) is 0 Å². The highest BCUT2D eigenvalue weighted by atomic mass is 16.6. The van der Waals surface area contributed by atoms with Gasteiger partial charge in [-0.05, 0) is 19.4 Å². The Morgan fingerprint density at radius 3 is 2.89 bits per heavy atom. The number of benzene rings is 1. The van der Waals surface area contributed by atoms with Crippen molar-refractivity contribution in [3.63, 3.8) is 0 Å². The van der Waals surface area contributed by atoms with Crippen molar-refractivity contribution >= 4 is 16.6 Å². The van der Waals surface area contributed by atoms with E-state index in [1.54, 1.807) is 6.92 Å². The topological polar surface area (TPSA) is 98.3 Å². The standard InChI is InChI=1S/C12H13N3O4/c1-8(16)4-5-14-7-13-11-3-2-9(15(18)19)6-10(11)12(14)17/h2-3,6-8,16H,4-5H2,1H3. The number of non-ortho nitro benzene ring substituents is 1. The molecular weight excluding hydrogens is 250 g/mol. The molecule has 0 aliphatic carbocycles. The normalized spacial score (nSPS) is 12.5. The van der Waals surface area contributed by atoms with Gasteiger partial charge < -0.3 is 5.11 Å². The molecule has 0 radical (unpaired) electrons. The average molecular weight is 263 g/mol. The summed E-state index contributed by atoms with van der Waals surface area (Å²) in [5.41, 5.74) is -0.0575. The van der Waals surface area contributed by atoms with E-state index < -0.39 is 11.0 Å². The third-order valence-corrected chi connectivity index (χ3v) is 2.81. The van der Waals surface area contributed by atoms with Gasteiger partial charge in [-0.3, -0.25) is 19.5 Å². The van der Waals surface area contributed by atoms with Crippen LogP contribution in [0.25, 0.3) is 10.9 Å². The van der Waals surface area contributed by atoms with Crippen LogP contribution in [0.3, 0.4) is 0 Å². The molecule has 2 aromatic rings. The Balaban J connectivity index is 2.49. The summed E-state index contributed by atoms with van der Waals surface area (Å²) in [6.45, 7) is 1.95. The maximum Gasteiger partial charge on any atom is 0.270 e. The number of aryl methyl sites for hydroxylation is 1. The number of rotatable bonds is 4. The first kappa shape index (κ1) is 13.2. The van der Waals surface area contributed by atoms with E-state index in [0.717, 1.165) is 0 Å². The first-order valence-corrected chi connectivity index (χ1v) is 5.80. The summed E-state index contributed by atoms with van der Waals surface area (Å²) >= 11 is 0. The van der Waals surface area contributed by atoms with Gasteiger partial charge in [-0.2, -0.15) is 0 Å². The molecule has 1 aromatic carbocycles. The van der Waals surface area contributed by atoms with E-state index >= 15 is 0 Å². The zero-order valence-corrected chi connectivity index (χ0v) is 10.3. The molecule has 1 aromatic heterocycles. The molecule has 0 fully saturated rings. The van der Waals surface area contributed by atoms with Gasteiger partial charge in [0, 0.05) is 18.7 Å². The van der Waals surface area contributed by atoms with Crippen molar-refractivity contribution in [3.8, 4) is 0 Å². The van der Waals surface area contributed by atoms with Gasteiger partial charge in [-0.25, -0.2) is 4.98 Å². The number of nitro benzene ring substituents is 1. The number of hydrogen-bond donors (Lipinski definition) is 1. The van der Waals surface area contributed by atoms with Crippen LogP contribution >= 0.6 is 0 Å². The lowest BCUT2D eigenvalue weighted by Crippen LogP contribution is -2.22. The molecular formula is C12H13N3O4. The smallest absolute Gasteiger partial charge is 0.270 e. The molecule has 1 unspecified atom stereocenters. The lowest BCUT2D eigenvalue weighted by Gasteiger charge is -2.07. The fourth-order valence-electron chi connectivity index (χ4n) is 1.75. The molecule has 7 nitrogen and oxygen atoms in total. The van der Waals surface area contributed by atoms with E-state index in [9.17, 15) is 20.0 Å². The Hall–Kier alpha value is -2.28. The summed E-state index contributed by atoms with van der Waals surface area (Å²) < 4.78 is 1.35. The number of hydrogen-bond acceptors (Lipinski definition) is 5. The average Bonchev–Trinajstić information content (AvgIpc) is 2.37. The molecule has 0 bridgehead atoms. The lowest BCUT2D eigenvalue weighted by molar-refractivity contribution is -0.384. The van der Waals surface area contributed by atoms with Gasteiger partial charge in [0.15, 0.2) is 0 Å². The van der Waals surface area contributed by atoms with Gasteiger partial charge in [-0.15, -0.1) is 0 Å². The monoisotopic (exact) mass is 263 g/mol. The quantitative estimate of drug-likeness (QED) is 0.657. The number of nitrogens with zero attached hydrogens (tertiary/aromatic N) is 3. The van der Waals surface area contributed by atoms with Crippen molar-refractivity contribution in [2.75, 3.05) is 0 Å². The van der Waals surface area contributed by atoms with Crippen molar-refractivity contribution in [2.45, 2.75) is 26.0 Å². The third-order valence-electron chi connectivity index (χ3n) is 2.81. The van der Waals surface area contributed by atoms with E-state index in [1.807, 2.05) is 0 Å². The van der Waals surface area contributed by atoms with Crippen molar-refractivity contribution in [1.29, 1.82) is 0 Å². The lowest BCUT2D eigenvalue weighted by atomic mass is 10.2. The molecule has 7 heteroatoms. The van der Waals surface area contributed by atoms with Crippen LogP contribution in [0.15, 0.2) is 29.3 Å². The molecule has 0 saturated carbocycles. The van der Waals surface area contributed by atoms with Gasteiger partial charge >= 0.3 is 0 Å². The third kappa shape index (κ3) is 2.76.